The van der Waals surface area contributed by atoms with Crippen molar-refractivity contribution in [2.75, 3.05) is 5.32 Å². The van der Waals surface area contributed by atoms with Crippen LogP contribution in [0.3, 0.4) is 0 Å². The normalized spacial score (nSPS) is 9.73. The van der Waals surface area contributed by atoms with Gasteiger partial charge in [0.25, 0.3) is 5.69 Å². The van der Waals surface area contributed by atoms with Gasteiger partial charge >= 0.3 is 0 Å². The molecule has 5 nitrogen and oxygen atoms in total. The van der Waals surface area contributed by atoms with E-state index in [0.717, 1.165) is 0 Å². The van der Waals surface area contributed by atoms with Gasteiger partial charge in [-0.1, -0.05) is 6.07 Å². The van der Waals surface area contributed by atoms with Crippen LogP contribution in [0.5, 0.6) is 0 Å². The smallest absolute Gasteiger partial charge is 0.289 e. The van der Waals surface area contributed by atoms with Crippen molar-refractivity contribution in [2.45, 2.75) is 19.9 Å². The number of hydrogen-bond donors (Lipinski definition) is 1. The molecular formula is C10H11N3O2. The van der Waals surface area contributed by atoms with Crippen LogP contribution in [0, 0.1) is 21.4 Å². The Morgan fingerprint density at radius 3 is 2.67 bits per heavy atom. The Morgan fingerprint density at radius 2 is 2.20 bits per heavy atom. The fraction of sp³-hybridized carbons (Fsp3) is 0.300. The molecule has 5 heteroatoms. The number of anilines is 1. The maximum absolute atomic E-state index is 10.6. The SMILES string of the molecule is CC(C)Nc1cccc([N+](=O)[O-])c1C#N. The molecule has 0 amide bonds. The Morgan fingerprint density at radius 1 is 1.53 bits per heavy atom. The third-order valence-electron chi connectivity index (χ3n) is 1.80. The van der Waals surface area contributed by atoms with Crippen LogP contribution in [0.1, 0.15) is 19.4 Å². The molecule has 1 rings (SSSR count). The van der Waals surface area contributed by atoms with Crippen molar-refractivity contribution in [3.8, 4) is 6.07 Å². The first-order valence-electron chi connectivity index (χ1n) is 4.50. The van der Waals surface area contributed by atoms with Gasteiger partial charge in [0.05, 0.1) is 10.6 Å². The Kier molecular flexibility index (Phi) is 3.24. The zero-order valence-electron chi connectivity index (χ0n) is 8.52. The minimum atomic E-state index is -0.552. The first-order chi connectivity index (χ1) is 7.06. The summed E-state index contributed by atoms with van der Waals surface area (Å²) in [5.74, 6) is 0. The highest BCUT2D eigenvalue weighted by Crippen LogP contribution is 2.25. The van der Waals surface area contributed by atoms with E-state index in [-0.39, 0.29) is 17.3 Å². The Bertz CT molecular complexity index is 421. The summed E-state index contributed by atoms with van der Waals surface area (Å²) in [5, 5.41) is 22.5. The molecule has 0 bridgehead atoms. The van der Waals surface area contributed by atoms with Gasteiger partial charge in [0, 0.05) is 12.1 Å². The molecule has 0 saturated carbocycles. The number of hydrogen-bond acceptors (Lipinski definition) is 4. The van der Waals surface area contributed by atoms with E-state index in [1.54, 1.807) is 12.1 Å². The van der Waals surface area contributed by atoms with Gasteiger partial charge in [-0.25, -0.2) is 0 Å². The largest absolute Gasteiger partial charge is 0.382 e. The summed E-state index contributed by atoms with van der Waals surface area (Å²) in [6.07, 6.45) is 0. The molecule has 0 aliphatic rings. The molecule has 1 aromatic carbocycles. The summed E-state index contributed by atoms with van der Waals surface area (Å²) in [6, 6.07) is 6.51. The van der Waals surface area contributed by atoms with E-state index in [1.807, 2.05) is 19.9 Å². The second kappa shape index (κ2) is 4.42. The lowest BCUT2D eigenvalue weighted by molar-refractivity contribution is -0.385. The molecule has 15 heavy (non-hydrogen) atoms. The van der Waals surface area contributed by atoms with Crippen molar-refractivity contribution in [1.82, 2.24) is 0 Å². The minimum Gasteiger partial charge on any atom is -0.382 e. The van der Waals surface area contributed by atoms with Gasteiger partial charge in [0.15, 0.2) is 5.56 Å². The summed E-state index contributed by atoms with van der Waals surface area (Å²) in [4.78, 5) is 10.1. The highest BCUT2D eigenvalue weighted by molar-refractivity contribution is 5.66. The van der Waals surface area contributed by atoms with Gasteiger partial charge in [-0.05, 0) is 19.9 Å². The molecule has 78 valence electrons. The maximum atomic E-state index is 10.6. The van der Waals surface area contributed by atoms with E-state index in [0.29, 0.717) is 5.69 Å². The van der Waals surface area contributed by atoms with Crippen LogP contribution in [0.4, 0.5) is 11.4 Å². The van der Waals surface area contributed by atoms with Crippen molar-refractivity contribution in [3.05, 3.63) is 33.9 Å². The van der Waals surface area contributed by atoms with E-state index in [9.17, 15) is 10.1 Å². The number of rotatable bonds is 3. The molecule has 0 atom stereocenters. The highest BCUT2D eigenvalue weighted by atomic mass is 16.6. The van der Waals surface area contributed by atoms with Crippen molar-refractivity contribution in [2.24, 2.45) is 0 Å². The highest BCUT2D eigenvalue weighted by Gasteiger charge is 2.17. The standard InChI is InChI=1S/C10H11N3O2/c1-7(2)12-9-4-3-5-10(13(14)15)8(9)6-11/h3-5,7,12H,1-2H3. The van der Waals surface area contributed by atoms with Gasteiger partial charge in [-0.15, -0.1) is 0 Å². The van der Waals surface area contributed by atoms with E-state index in [1.165, 1.54) is 6.07 Å². The molecule has 0 saturated heterocycles. The molecule has 0 spiro atoms. The lowest BCUT2D eigenvalue weighted by Gasteiger charge is -2.10. The van der Waals surface area contributed by atoms with Gasteiger partial charge in [-0.2, -0.15) is 5.26 Å². The number of nitriles is 1. The zero-order chi connectivity index (χ0) is 11.4. The number of nitro groups is 1. The second-order valence-corrected chi connectivity index (χ2v) is 3.37. The topological polar surface area (TPSA) is 79.0 Å². The Balaban J connectivity index is 3.24. The third-order valence-corrected chi connectivity index (χ3v) is 1.80. The molecule has 0 fully saturated rings. The average molecular weight is 205 g/mol. The van der Waals surface area contributed by atoms with Crippen LogP contribution in [0.15, 0.2) is 18.2 Å². The van der Waals surface area contributed by atoms with E-state index in [2.05, 4.69) is 5.32 Å². The van der Waals surface area contributed by atoms with Crippen LogP contribution >= 0.6 is 0 Å². The van der Waals surface area contributed by atoms with Crippen LogP contribution in [0.2, 0.25) is 0 Å². The molecule has 0 aromatic heterocycles. The van der Waals surface area contributed by atoms with E-state index in [4.69, 9.17) is 5.26 Å². The lowest BCUT2D eigenvalue weighted by atomic mass is 10.1. The van der Waals surface area contributed by atoms with Gasteiger partial charge < -0.3 is 5.32 Å². The number of nitrogens with zero attached hydrogens (tertiary/aromatic N) is 2. The molecule has 0 aliphatic carbocycles. The average Bonchev–Trinajstić information content (AvgIpc) is 2.16. The molecule has 0 unspecified atom stereocenters. The predicted octanol–water partition coefficient (Wildman–Crippen LogP) is 2.29. The summed E-state index contributed by atoms with van der Waals surface area (Å²) < 4.78 is 0. The van der Waals surface area contributed by atoms with Crippen molar-refractivity contribution >= 4 is 11.4 Å². The van der Waals surface area contributed by atoms with Crippen molar-refractivity contribution in [1.29, 1.82) is 5.26 Å². The fourth-order valence-electron chi connectivity index (χ4n) is 1.24. The monoisotopic (exact) mass is 205 g/mol. The molecular weight excluding hydrogens is 194 g/mol. The summed E-state index contributed by atoms with van der Waals surface area (Å²) >= 11 is 0. The van der Waals surface area contributed by atoms with Gasteiger partial charge in [0.1, 0.15) is 6.07 Å². The number of nitro benzene ring substituents is 1. The summed E-state index contributed by atoms with van der Waals surface area (Å²) in [6.45, 7) is 3.81. The third kappa shape index (κ3) is 2.44. The molecule has 1 N–H and O–H groups in total. The molecule has 0 aliphatic heterocycles. The molecule has 1 aromatic rings. The van der Waals surface area contributed by atoms with Crippen LogP contribution < -0.4 is 5.32 Å². The fourth-order valence-corrected chi connectivity index (χ4v) is 1.24. The van der Waals surface area contributed by atoms with E-state index < -0.39 is 4.92 Å². The molecule has 0 heterocycles. The minimum absolute atomic E-state index is 0.0798. The zero-order valence-corrected chi connectivity index (χ0v) is 8.52. The van der Waals surface area contributed by atoms with Crippen LogP contribution in [0.25, 0.3) is 0 Å². The number of benzene rings is 1. The first kappa shape index (κ1) is 11.0. The predicted molar refractivity (Wildman–Crippen MR) is 56.6 cm³/mol. The Labute approximate surface area is 87.5 Å². The second-order valence-electron chi connectivity index (χ2n) is 3.37. The summed E-state index contributed by atoms with van der Waals surface area (Å²) in [5.41, 5.74) is 0.418. The quantitative estimate of drug-likeness (QED) is 0.606. The van der Waals surface area contributed by atoms with E-state index >= 15 is 0 Å². The first-order valence-corrected chi connectivity index (χ1v) is 4.50. The maximum Gasteiger partial charge on any atom is 0.289 e. The van der Waals surface area contributed by atoms with Crippen LogP contribution in [-0.4, -0.2) is 11.0 Å². The van der Waals surface area contributed by atoms with Crippen molar-refractivity contribution < 1.29 is 4.92 Å². The lowest BCUT2D eigenvalue weighted by Crippen LogP contribution is -2.11. The Hall–Kier alpha value is -2.09. The van der Waals surface area contributed by atoms with Crippen molar-refractivity contribution in [3.63, 3.8) is 0 Å². The van der Waals surface area contributed by atoms with Crippen LogP contribution in [-0.2, 0) is 0 Å². The van der Waals surface area contributed by atoms with Gasteiger partial charge in [0.2, 0.25) is 0 Å². The summed E-state index contributed by atoms with van der Waals surface area (Å²) in [7, 11) is 0. The van der Waals surface area contributed by atoms with Gasteiger partial charge in [-0.3, -0.25) is 10.1 Å². The number of nitrogens with one attached hydrogen (secondary N) is 1. The molecule has 0 radical (unpaired) electrons.